The molecule has 1 aliphatic heterocycles. The molecule has 1 aliphatic rings. The molecule has 0 bridgehead atoms. The van der Waals surface area contributed by atoms with E-state index < -0.39 is 0 Å². The van der Waals surface area contributed by atoms with E-state index in [1.807, 2.05) is 18.2 Å². The van der Waals surface area contributed by atoms with Crippen LogP contribution in [0.25, 0.3) is 42.3 Å². The van der Waals surface area contributed by atoms with Crippen LogP contribution in [-0.4, -0.2) is 19.4 Å². The van der Waals surface area contributed by atoms with Crippen LogP contribution in [0.15, 0.2) is 63.8 Å². The smallest absolute Gasteiger partial charge is 0.194 e. The molecule has 32 heavy (non-hydrogen) atoms. The minimum Gasteiger partial charge on any atom is -0.452 e. The van der Waals surface area contributed by atoms with E-state index in [1.165, 1.54) is 23.5 Å². The molecule has 6 rings (SSSR count). The highest BCUT2D eigenvalue weighted by Gasteiger charge is 2.18. The van der Waals surface area contributed by atoms with Gasteiger partial charge in [-0.1, -0.05) is 0 Å². The average molecular weight is 443 g/mol. The van der Waals surface area contributed by atoms with Crippen molar-refractivity contribution in [2.24, 2.45) is 0 Å². The first-order chi connectivity index (χ1) is 15.6. The van der Waals surface area contributed by atoms with Gasteiger partial charge in [0.1, 0.15) is 11.6 Å². The lowest BCUT2D eigenvalue weighted by atomic mass is 10.1. The zero-order valence-electron chi connectivity index (χ0n) is 17.1. The van der Waals surface area contributed by atoms with Crippen molar-refractivity contribution in [2.75, 3.05) is 18.0 Å². The monoisotopic (exact) mass is 443 g/mol. The molecule has 1 saturated heterocycles. The summed E-state index contributed by atoms with van der Waals surface area (Å²) in [5.41, 5.74) is 0.988. The first kappa shape index (κ1) is 19.2. The standard InChI is InChI=1S/C26H18FNO3S/c27-15-3-6-18-20(11-15)22-13-24(23-8-5-17(14-29)31-23)32-26(22)21-12-16(28-9-1-2-10-28)4-7-19(21)25(18)30/h3-8,11-14H,1-2,9-10H2. The van der Waals surface area contributed by atoms with Gasteiger partial charge >= 0.3 is 0 Å². The lowest BCUT2D eigenvalue weighted by Crippen LogP contribution is -2.17. The number of benzene rings is 2. The number of carbonyl (C=O) groups is 1. The summed E-state index contributed by atoms with van der Waals surface area (Å²) in [5, 5.41) is 3.32. The molecule has 0 unspecified atom stereocenters. The van der Waals surface area contributed by atoms with Gasteiger partial charge in [-0.3, -0.25) is 9.59 Å². The summed E-state index contributed by atoms with van der Waals surface area (Å²) in [6.07, 6.45) is 2.99. The molecule has 4 nitrogen and oxygen atoms in total. The van der Waals surface area contributed by atoms with Gasteiger partial charge in [0.25, 0.3) is 0 Å². The highest BCUT2D eigenvalue weighted by Crippen LogP contribution is 2.41. The number of hydrogen-bond donors (Lipinski definition) is 0. The Morgan fingerprint density at radius 2 is 1.62 bits per heavy atom. The Labute approximate surface area is 186 Å². The topological polar surface area (TPSA) is 50.5 Å². The first-order valence-electron chi connectivity index (χ1n) is 10.6. The van der Waals surface area contributed by atoms with Gasteiger partial charge in [-0.2, -0.15) is 0 Å². The predicted octanol–water partition coefficient (Wildman–Crippen LogP) is 6.38. The van der Waals surface area contributed by atoms with E-state index >= 15 is 0 Å². The number of halogens is 1. The molecular formula is C26H18FNO3S. The van der Waals surface area contributed by atoms with Gasteiger partial charge in [0.15, 0.2) is 17.5 Å². The maximum atomic E-state index is 14.3. The van der Waals surface area contributed by atoms with Crippen molar-refractivity contribution in [1.82, 2.24) is 0 Å². The molecule has 0 saturated carbocycles. The Bertz CT molecular complexity index is 1590. The van der Waals surface area contributed by atoms with Crippen molar-refractivity contribution in [2.45, 2.75) is 12.8 Å². The van der Waals surface area contributed by atoms with Crippen LogP contribution >= 0.6 is 11.3 Å². The van der Waals surface area contributed by atoms with Crippen LogP contribution in [-0.2, 0) is 0 Å². The quantitative estimate of drug-likeness (QED) is 0.304. The summed E-state index contributed by atoms with van der Waals surface area (Å²) in [5.74, 6) is 0.439. The molecule has 0 radical (unpaired) electrons. The van der Waals surface area contributed by atoms with Gasteiger partial charge < -0.3 is 9.32 Å². The number of fused-ring (bicyclic) bond motifs is 5. The molecule has 5 aromatic rings. The summed E-state index contributed by atoms with van der Waals surface area (Å²) in [7, 11) is 0. The Balaban J connectivity index is 1.75. The molecular weight excluding hydrogens is 425 g/mol. The van der Waals surface area contributed by atoms with Crippen LogP contribution in [0.5, 0.6) is 0 Å². The van der Waals surface area contributed by atoms with E-state index in [0.29, 0.717) is 28.2 Å². The van der Waals surface area contributed by atoms with Gasteiger partial charge in [0, 0.05) is 45.0 Å². The zero-order valence-corrected chi connectivity index (χ0v) is 17.9. The summed E-state index contributed by atoms with van der Waals surface area (Å²) in [4.78, 5) is 27.7. The molecule has 0 N–H and O–H groups in total. The Hall–Kier alpha value is -3.51. The Kier molecular flexibility index (Phi) is 4.36. The van der Waals surface area contributed by atoms with Crippen LogP contribution < -0.4 is 10.3 Å². The fourth-order valence-electron chi connectivity index (χ4n) is 4.63. The van der Waals surface area contributed by atoms with Gasteiger partial charge in [0.2, 0.25) is 0 Å². The van der Waals surface area contributed by atoms with Crippen LogP contribution in [0, 0.1) is 5.82 Å². The van der Waals surface area contributed by atoms with E-state index in [-0.39, 0.29) is 17.0 Å². The fourth-order valence-corrected chi connectivity index (χ4v) is 5.80. The Morgan fingerprint density at radius 3 is 2.41 bits per heavy atom. The molecule has 0 aliphatic carbocycles. The SMILES string of the molecule is O=Cc1ccc(-c2cc3c4cc(F)ccc4c(=O)c4ccc(N5CCCC5)cc4c3s2)o1. The van der Waals surface area contributed by atoms with Crippen LogP contribution in [0.2, 0.25) is 0 Å². The highest BCUT2D eigenvalue weighted by molar-refractivity contribution is 7.23. The van der Waals surface area contributed by atoms with Crippen molar-refractivity contribution in [3.8, 4) is 10.6 Å². The maximum Gasteiger partial charge on any atom is 0.194 e. The average Bonchev–Trinajstić information content (AvgIpc) is 3.57. The molecule has 0 amide bonds. The third-order valence-corrected chi connectivity index (χ3v) is 7.38. The fraction of sp³-hybridized carbons (Fsp3) is 0.154. The second kappa shape index (κ2) is 7.28. The van der Waals surface area contributed by atoms with E-state index in [9.17, 15) is 14.0 Å². The van der Waals surface area contributed by atoms with Crippen molar-refractivity contribution in [3.63, 3.8) is 0 Å². The zero-order chi connectivity index (χ0) is 21.8. The third kappa shape index (κ3) is 2.94. The number of nitrogens with zero attached hydrogens (tertiary/aromatic N) is 1. The molecule has 3 aromatic carbocycles. The molecule has 0 spiro atoms. The van der Waals surface area contributed by atoms with Crippen molar-refractivity contribution >= 4 is 54.9 Å². The summed E-state index contributed by atoms with van der Waals surface area (Å²) >= 11 is 1.49. The second-order valence-electron chi connectivity index (χ2n) is 8.12. The van der Waals surface area contributed by atoms with Gasteiger partial charge in [-0.15, -0.1) is 11.3 Å². The summed E-state index contributed by atoms with van der Waals surface area (Å²) in [6.45, 7) is 2.00. The predicted molar refractivity (Wildman–Crippen MR) is 128 cm³/mol. The number of carbonyl (C=O) groups excluding carboxylic acids is 1. The maximum absolute atomic E-state index is 14.3. The molecule has 0 atom stereocenters. The number of anilines is 1. The summed E-state index contributed by atoms with van der Waals surface area (Å²) < 4.78 is 20.8. The number of furan rings is 1. The lowest BCUT2D eigenvalue weighted by Gasteiger charge is -2.17. The molecule has 2 aromatic heterocycles. The largest absolute Gasteiger partial charge is 0.452 e. The number of thiophene rings is 1. The number of aldehydes is 1. The Morgan fingerprint density at radius 1 is 0.875 bits per heavy atom. The van der Waals surface area contributed by atoms with E-state index in [1.54, 1.807) is 18.2 Å². The lowest BCUT2D eigenvalue weighted by molar-refractivity contribution is 0.110. The van der Waals surface area contributed by atoms with Crippen molar-refractivity contribution in [1.29, 1.82) is 0 Å². The number of rotatable bonds is 3. The van der Waals surface area contributed by atoms with Crippen LogP contribution in [0.4, 0.5) is 10.1 Å². The minimum atomic E-state index is -0.389. The number of hydrogen-bond acceptors (Lipinski definition) is 5. The molecule has 1 fully saturated rings. The molecule has 6 heteroatoms. The van der Waals surface area contributed by atoms with Crippen molar-refractivity contribution < 1.29 is 13.6 Å². The van der Waals surface area contributed by atoms with Gasteiger partial charge in [-0.05, 0) is 72.8 Å². The summed E-state index contributed by atoms with van der Waals surface area (Å²) in [6, 6.07) is 15.6. The van der Waals surface area contributed by atoms with Gasteiger partial charge in [-0.25, -0.2) is 4.39 Å². The van der Waals surface area contributed by atoms with E-state index in [2.05, 4.69) is 11.0 Å². The van der Waals surface area contributed by atoms with E-state index in [4.69, 9.17) is 4.42 Å². The molecule has 158 valence electrons. The van der Waals surface area contributed by atoms with Gasteiger partial charge in [0.05, 0.1) is 4.88 Å². The highest BCUT2D eigenvalue weighted by atomic mass is 32.1. The first-order valence-corrected chi connectivity index (χ1v) is 11.4. The van der Waals surface area contributed by atoms with Crippen LogP contribution in [0.3, 0.4) is 0 Å². The van der Waals surface area contributed by atoms with E-state index in [0.717, 1.165) is 52.0 Å². The van der Waals surface area contributed by atoms with Crippen LogP contribution in [0.1, 0.15) is 23.4 Å². The third-order valence-electron chi connectivity index (χ3n) is 6.20. The normalized spacial score (nSPS) is 14.1. The second-order valence-corrected chi connectivity index (χ2v) is 9.17. The molecule has 3 heterocycles. The van der Waals surface area contributed by atoms with Crippen molar-refractivity contribution in [3.05, 3.63) is 76.4 Å². The minimum absolute atomic E-state index is 0.103.